The number of ether oxygens (including phenoxy) is 1. The fraction of sp³-hybridized carbons (Fsp3) is 1.00. The molecule has 0 amide bonds. The van der Waals surface area contributed by atoms with Gasteiger partial charge in [-0.1, -0.05) is 51.4 Å². The molecule has 1 saturated heterocycles. The molecule has 0 aromatic rings. The lowest BCUT2D eigenvalue weighted by Gasteiger charge is -2.44. The van der Waals surface area contributed by atoms with Crippen LogP contribution in [0.1, 0.15) is 78.1 Å². The van der Waals surface area contributed by atoms with E-state index in [2.05, 4.69) is 18.7 Å². The van der Waals surface area contributed by atoms with Gasteiger partial charge in [0.05, 0.1) is 18.3 Å². The summed E-state index contributed by atoms with van der Waals surface area (Å²) >= 11 is 0. The van der Waals surface area contributed by atoms with Crippen molar-refractivity contribution in [3.63, 3.8) is 0 Å². The van der Waals surface area contributed by atoms with Crippen LogP contribution in [0.25, 0.3) is 0 Å². The summed E-state index contributed by atoms with van der Waals surface area (Å²) in [5, 5.41) is 10.7. The summed E-state index contributed by atoms with van der Waals surface area (Å²) in [5.74, 6) is 0. The molecule has 0 aromatic heterocycles. The normalized spacial score (nSPS) is 33.9. The maximum Gasteiger partial charge on any atom is 0.0753 e. The summed E-state index contributed by atoms with van der Waals surface area (Å²) < 4.78 is 5.84. The van der Waals surface area contributed by atoms with Crippen molar-refractivity contribution in [1.82, 2.24) is 4.90 Å². The van der Waals surface area contributed by atoms with Gasteiger partial charge in [0.1, 0.15) is 0 Å². The Hall–Kier alpha value is -0.120. The lowest BCUT2D eigenvalue weighted by atomic mass is 9.93. The quantitative estimate of drug-likeness (QED) is 0.800. The average Bonchev–Trinajstić information content (AvgIpc) is 2.41. The predicted octanol–water partition coefficient (Wildman–Crippen LogP) is 3.74. The van der Waals surface area contributed by atoms with E-state index < -0.39 is 0 Å². The fourth-order valence-electron chi connectivity index (χ4n) is 3.91. The van der Waals surface area contributed by atoms with Crippen molar-refractivity contribution >= 4 is 0 Å². The summed E-state index contributed by atoms with van der Waals surface area (Å²) in [6.45, 7) is 7.07. The van der Waals surface area contributed by atoms with E-state index in [1.165, 1.54) is 51.4 Å². The van der Waals surface area contributed by atoms with Crippen molar-refractivity contribution in [2.24, 2.45) is 0 Å². The average molecular weight is 297 g/mol. The number of aliphatic hydroxyl groups excluding tert-OH is 1. The van der Waals surface area contributed by atoms with Crippen LogP contribution in [0.4, 0.5) is 0 Å². The van der Waals surface area contributed by atoms with Crippen LogP contribution in [0.2, 0.25) is 0 Å². The molecule has 2 aliphatic rings. The second-order valence-electron chi connectivity index (χ2n) is 7.62. The van der Waals surface area contributed by atoms with E-state index in [1.54, 1.807) is 0 Å². The molecule has 1 heterocycles. The predicted molar refractivity (Wildman–Crippen MR) is 87.6 cm³/mol. The zero-order valence-corrected chi connectivity index (χ0v) is 14.1. The Morgan fingerprint density at radius 3 is 2.10 bits per heavy atom. The van der Waals surface area contributed by atoms with E-state index in [9.17, 15) is 5.11 Å². The number of nitrogens with zero attached hydrogens (tertiary/aromatic N) is 1. The van der Waals surface area contributed by atoms with Gasteiger partial charge in [-0.2, -0.15) is 0 Å². The molecule has 1 saturated carbocycles. The van der Waals surface area contributed by atoms with E-state index in [1.807, 2.05) is 0 Å². The number of rotatable bonds is 1. The van der Waals surface area contributed by atoms with E-state index in [0.29, 0.717) is 6.04 Å². The van der Waals surface area contributed by atoms with Crippen molar-refractivity contribution in [3.05, 3.63) is 0 Å². The van der Waals surface area contributed by atoms with E-state index in [4.69, 9.17) is 4.74 Å². The molecule has 2 fully saturated rings. The minimum Gasteiger partial charge on any atom is -0.391 e. The van der Waals surface area contributed by atoms with Crippen LogP contribution in [0.5, 0.6) is 0 Å². The van der Waals surface area contributed by atoms with Crippen LogP contribution >= 0.6 is 0 Å². The molecule has 0 radical (unpaired) electrons. The van der Waals surface area contributed by atoms with Gasteiger partial charge in [-0.3, -0.25) is 4.90 Å². The Bertz CT molecular complexity index is 293. The third-order valence-electron chi connectivity index (χ3n) is 5.12. The largest absolute Gasteiger partial charge is 0.391 e. The van der Waals surface area contributed by atoms with Crippen LogP contribution in [-0.2, 0) is 4.74 Å². The first-order valence-electron chi connectivity index (χ1n) is 9.15. The van der Waals surface area contributed by atoms with E-state index in [-0.39, 0.29) is 11.7 Å². The zero-order valence-electron chi connectivity index (χ0n) is 14.1. The standard InChI is InChI=1S/C18H35NO2/c1-18(2)15-19(13-14-21-18)16-11-9-7-5-3-4-6-8-10-12-17(16)20/h16-17,20H,3-15H2,1-2H3. The van der Waals surface area contributed by atoms with Gasteiger partial charge in [0.25, 0.3) is 0 Å². The molecule has 1 aliphatic heterocycles. The van der Waals surface area contributed by atoms with Gasteiger partial charge >= 0.3 is 0 Å². The van der Waals surface area contributed by atoms with Crippen molar-refractivity contribution in [2.45, 2.75) is 95.8 Å². The summed E-state index contributed by atoms with van der Waals surface area (Å²) in [4.78, 5) is 2.50. The third kappa shape index (κ3) is 5.88. The SMILES string of the molecule is CC1(C)CN(C2CCCCCCCCCCC2O)CCO1. The minimum absolute atomic E-state index is 0.0678. The van der Waals surface area contributed by atoms with Gasteiger partial charge in [0, 0.05) is 19.1 Å². The Morgan fingerprint density at radius 2 is 1.48 bits per heavy atom. The molecule has 2 unspecified atom stereocenters. The molecule has 3 heteroatoms. The van der Waals surface area contributed by atoms with Crippen LogP contribution in [0.15, 0.2) is 0 Å². The molecule has 124 valence electrons. The maximum atomic E-state index is 10.7. The van der Waals surface area contributed by atoms with Gasteiger partial charge < -0.3 is 9.84 Å². The minimum atomic E-state index is -0.154. The van der Waals surface area contributed by atoms with E-state index >= 15 is 0 Å². The van der Waals surface area contributed by atoms with Gasteiger partial charge in [-0.15, -0.1) is 0 Å². The van der Waals surface area contributed by atoms with Crippen molar-refractivity contribution in [2.75, 3.05) is 19.7 Å². The molecule has 0 bridgehead atoms. The summed E-state index contributed by atoms with van der Waals surface area (Å²) in [7, 11) is 0. The fourth-order valence-corrected chi connectivity index (χ4v) is 3.91. The van der Waals surface area contributed by atoms with E-state index in [0.717, 1.165) is 32.5 Å². The monoisotopic (exact) mass is 297 g/mol. The van der Waals surface area contributed by atoms with Crippen molar-refractivity contribution < 1.29 is 9.84 Å². The van der Waals surface area contributed by atoms with Crippen molar-refractivity contribution in [1.29, 1.82) is 0 Å². The highest BCUT2D eigenvalue weighted by molar-refractivity contribution is 4.87. The first-order chi connectivity index (χ1) is 10.1. The molecular formula is C18H35NO2. The highest BCUT2D eigenvalue weighted by Crippen LogP contribution is 2.25. The molecule has 1 N–H and O–H groups in total. The second-order valence-corrected chi connectivity index (χ2v) is 7.62. The number of morpholine rings is 1. The highest BCUT2D eigenvalue weighted by Gasteiger charge is 2.33. The lowest BCUT2D eigenvalue weighted by Crippen LogP contribution is -2.55. The third-order valence-corrected chi connectivity index (χ3v) is 5.12. The van der Waals surface area contributed by atoms with Gasteiger partial charge in [0.2, 0.25) is 0 Å². The molecular weight excluding hydrogens is 262 g/mol. The van der Waals surface area contributed by atoms with Gasteiger partial charge in [-0.05, 0) is 26.7 Å². The second kappa shape index (κ2) is 8.50. The molecule has 0 spiro atoms. The molecule has 2 atom stereocenters. The molecule has 2 rings (SSSR count). The molecule has 0 aromatic carbocycles. The highest BCUT2D eigenvalue weighted by atomic mass is 16.5. The summed E-state index contributed by atoms with van der Waals surface area (Å²) in [6, 6.07) is 0.340. The van der Waals surface area contributed by atoms with Crippen LogP contribution in [0, 0.1) is 0 Å². The lowest BCUT2D eigenvalue weighted by molar-refractivity contribution is -0.112. The van der Waals surface area contributed by atoms with Crippen LogP contribution in [-0.4, -0.2) is 47.4 Å². The Kier molecular flexibility index (Phi) is 6.97. The van der Waals surface area contributed by atoms with Crippen molar-refractivity contribution in [3.8, 4) is 0 Å². The summed E-state index contributed by atoms with van der Waals surface area (Å²) in [6.07, 6.45) is 12.5. The zero-order chi connectivity index (χ0) is 15.1. The topological polar surface area (TPSA) is 32.7 Å². The Labute approximate surface area is 131 Å². The van der Waals surface area contributed by atoms with Crippen LogP contribution < -0.4 is 0 Å². The molecule has 3 nitrogen and oxygen atoms in total. The first kappa shape index (κ1) is 17.2. The smallest absolute Gasteiger partial charge is 0.0753 e. The first-order valence-corrected chi connectivity index (χ1v) is 9.15. The summed E-state index contributed by atoms with van der Waals surface area (Å²) in [5.41, 5.74) is -0.0678. The van der Waals surface area contributed by atoms with Gasteiger partial charge in [0.15, 0.2) is 0 Å². The number of aliphatic hydroxyl groups is 1. The van der Waals surface area contributed by atoms with Crippen LogP contribution in [0.3, 0.4) is 0 Å². The molecule has 21 heavy (non-hydrogen) atoms. The number of hydrogen-bond acceptors (Lipinski definition) is 3. The Morgan fingerprint density at radius 1 is 0.905 bits per heavy atom. The number of hydrogen-bond donors (Lipinski definition) is 1. The Balaban J connectivity index is 1.94. The van der Waals surface area contributed by atoms with Gasteiger partial charge in [-0.25, -0.2) is 0 Å². The molecule has 1 aliphatic carbocycles. The maximum absolute atomic E-state index is 10.7.